The molecule has 2 bridgehead atoms. The van der Waals surface area contributed by atoms with Crippen molar-refractivity contribution in [2.75, 3.05) is 0 Å². The van der Waals surface area contributed by atoms with E-state index in [1.165, 1.54) is 19.2 Å². The summed E-state index contributed by atoms with van der Waals surface area (Å²) >= 11 is 0. The SMILES string of the molecule is CC(C)CB1C2CCCC1CCC2. The smallest absolute Gasteiger partial charge is 0.0714 e. The van der Waals surface area contributed by atoms with E-state index in [0.29, 0.717) is 0 Å². The first-order chi connectivity index (χ1) is 6.27. The Labute approximate surface area is 83.6 Å². The second-order valence-corrected chi connectivity index (χ2v) is 5.68. The summed E-state index contributed by atoms with van der Waals surface area (Å²) < 4.78 is 0. The van der Waals surface area contributed by atoms with Gasteiger partial charge in [-0.15, -0.1) is 0 Å². The van der Waals surface area contributed by atoms with Crippen LogP contribution in [0.1, 0.15) is 52.4 Å². The van der Waals surface area contributed by atoms with Crippen molar-refractivity contribution in [1.82, 2.24) is 0 Å². The topological polar surface area (TPSA) is 0 Å². The summed E-state index contributed by atoms with van der Waals surface area (Å²) in [4.78, 5) is 0. The summed E-state index contributed by atoms with van der Waals surface area (Å²) in [7, 11) is 0. The van der Waals surface area contributed by atoms with Gasteiger partial charge in [0.2, 0.25) is 0 Å². The maximum atomic E-state index is 2.39. The Morgan fingerprint density at radius 2 is 1.46 bits per heavy atom. The number of hydrogen-bond donors (Lipinski definition) is 0. The van der Waals surface area contributed by atoms with Crippen LogP contribution in [0.3, 0.4) is 0 Å². The van der Waals surface area contributed by atoms with Gasteiger partial charge in [-0.2, -0.15) is 0 Å². The molecule has 0 aromatic heterocycles. The quantitative estimate of drug-likeness (QED) is 0.554. The Hall–Kier alpha value is 0.0649. The monoisotopic (exact) mass is 178 g/mol. The Balaban J connectivity index is 1.98. The second kappa shape index (κ2) is 4.06. The van der Waals surface area contributed by atoms with Crippen LogP contribution in [0.2, 0.25) is 18.0 Å². The second-order valence-electron chi connectivity index (χ2n) is 5.68. The minimum absolute atomic E-state index is 0.922. The van der Waals surface area contributed by atoms with Crippen molar-refractivity contribution in [3.63, 3.8) is 0 Å². The summed E-state index contributed by atoms with van der Waals surface area (Å²) in [6.45, 7) is 5.90. The van der Waals surface area contributed by atoms with Crippen molar-refractivity contribution < 1.29 is 0 Å². The lowest BCUT2D eigenvalue weighted by Gasteiger charge is -2.41. The predicted molar refractivity (Wildman–Crippen MR) is 60.6 cm³/mol. The van der Waals surface area contributed by atoms with Gasteiger partial charge in [-0.1, -0.05) is 76.2 Å². The third-order valence-corrected chi connectivity index (χ3v) is 4.25. The van der Waals surface area contributed by atoms with Crippen molar-refractivity contribution >= 4 is 6.71 Å². The van der Waals surface area contributed by atoms with Gasteiger partial charge in [-0.3, -0.25) is 0 Å². The van der Waals surface area contributed by atoms with E-state index in [1.54, 1.807) is 25.7 Å². The van der Waals surface area contributed by atoms with Crippen LogP contribution in [0.4, 0.5) is 0 Å². The highest BCUT2D eigenvalue weighted by molar-refractivity contribution is 6.62. The zero-order valence-electron chi connectivity index (χ0n) is 9.26. The van der Waals surface area contributed by atoms with Crippen molar-refractivity contribution in [3.05, 3.63) is 0 Å². The van der Waals surface area contributed by atoms with Crippen molar-refractivity contribution in [1.29, 1.82) is 0 Å². The molecule has 0 amide bonds. The molecule has 0 unspecified atom stereocenters. The molecule has 0 saturated carbocycles. The summed E-state index contributed by atoms with van der Waals surface area (Å²) in [6.07, 6.45) is 10.8. The van der Waals surface area contributed by atoms with Gasteiger partial charge in [0.25, 0.3) is 0 Å². The molecule has 2 rings (SSSR count). The molecule has 0 spiro atoms. The molecule has 2 heterocycles. The van der Waals surface area contributed by atoms with E-state index in [1.807, 2.05) is 0 Å². The van der Waals surface area contributed by atoms with Crippen LogP contribution in [-0.4, -0.2) is 6.71 Å². The molecule has 2 saturated heterocycles. The molecule has 0 aromatic rings. The molecule has 0 radical (unpaired) electrons. The normalized spacial score (nSPS) is 33.9. The first-order valence-electron chi connectivity index (χ1n) is 6.27. The van der Waals surface area contributed by atoms with Gasteiger partial charge in [0, 0.05) is 0 Å². The van der Waals surface area contributed by atoms with E-state index in [0.717, 1.165) is 24.3 Å². The van der Waals surface area contributed by atoms with Gasteiger partial charge < -0.3 is 0 Å². The van der Waals surface area contributed by atoms with Crippen LogP contribution in [0.15, 0.2) is 0 Å². The molecule has 2 aliphatic heterocycles. The standard InChI is InChI=1S/C12H23B/c1-10(2)9-13-11-5-3-6-12(13)8-4-7-11/h10-12H,3-9H2,1-2H3. The fourth-order valence-corrected chi connectivity index (χ4v) is 3.74. The van der Waals surface area contributed by atoms with Gasteiger partial charge >= 0.3 is 0 Å². The third kappa shape index (κ3) is 2.11. The average molecular weight is 178 g/mol. The summed E-state index contributed by atoms with van der Waals surface area (Å²) in [5.74, 6) is 3.16. The van der Waals surface area contributed by atoms with E-state index >= 15 is 0 Å². The zero-order chi connectivity index (χ0) is 9.26. The number of hydrogen-bond acceptors (Lipinski definition) is 0. The number of rotatable bonds is 2. The third-order valence-electron chi connectivity index (χ3n) is 4.25. The molecule has 0 atom stereocenters. The molecule has 74 valence electrons. The van der Waals surface area contributed by atoms with Gasteiger partial charge in [0.05, 0.1) is 0 Å². The van der Waals surface area contributed by atoms with Crippen LogP contribution in [0, 0.1) is 5.92 Å². The molecule has 2 fully saturated rings. The van der Waals surface area contributed by atoms with E-state index in [9.17, 15) is 0 Å². The van der Waals surface area contributed by atoms with Crippen LogP contribution < -0.4 is 0 Å². The molecule has 2 aliphatic rings. The molecule has 1 heteroatoms. The average Bonchev–Trinajstić information content (AvgIpc) is 2.02. The fraction of sp³-hybridized carbons (Fsp3) is 1.00. The van der Waals surface area contributed by atoms with Crippen LogP contribution in [0.25, 0.3) is 0 Å². The van der Waals surface area contributed by atoms with Gasteiger partial charge in [0.1, 0.15) is 6.71 Å². The highest BCUT2D eigenvalue weighted by atomic mass is 14.2. The summed E-state index contributed by atoms with van der Waals surface area (Å²) in [5.41, 5.74) is 0. The maximum Gasteiger partial charge on any atom is 0.146 e. The van der Waals surface area contributed by atoms with Crippen LogP contribution >= 0.6 is 0 Å². The lowest BCUT2D eigenvalue weighted by atomic mass is 9.25. The molecule has 13 heavy (non-hydrogen) atoms. The minimum atomic E-state index is 0.922. The molecule has 0 N–H and O–H groups in total. The molecule has 0 nitrogen and oxygen atoms in total. The van der Waals surface area contributed by atoms with E-state index in [2.05, 4.69) is 13.8 Å². The summed E-state index contributed by atoms with van der Waals surface area (Å²) in [6, 6.07) is 0. The molecule has 0 aromatic carbocycles. The maximum absolute atomic E-state index is 2.39. The van der Waals surface area contributed by atoms with Crippen molar-refractivity contribution in [2.24, 2.45) is 5.92 Å². The van der Waals surface area contributed by atoms with Gasteiger partial charge in [-0.05, 0) is 0 Å². The Morgan fingerprint density at radius 1 is 1.00 bits per heavy atom. The number of fused-ring (bicyclic) bond motifs is 2. The van der Waals surface area contributed by atoms with E-state index in [-0.39, 0.29) is 0 Å². The Kier molecular flexibility index (Phi) is 3.01. The van der Waals surface area contributed by atoms with Gasteiger partial charge in [0.15, 0.2) is 0 Å². The highest BCUT2D eigenvalue weighted by Gasteiger charge is 2.38. The minimum Gasteiger partial charge on any atom is -0.0714 e. The van der Waals surface area contributed by atoms with Crippen LogP contribution in [0.5, 0.6) is 0 Å². The summed E-state index contributed by atoms with van der Waals surface area (Å²) in [5, 5.41) is 0. The first-order valence-corrected chi connectivity index (χ1v) is 6.27. The zero-order valence-corrected chi connectivity index (χ0v) is 9.26. The van der Waals surface area contributed by atoms with Crippen molar-refractivity contribution in [2.45, 2.75) is 70.3 Å². The first kappa shape index (κ1) is 9.61. The van der Waals surface area contributed by atoms with Crippen molar-refractivity contribution in [3.8, 4) is 0 Å². The predicted octanol–water partition coefficient (Wildman–Crippen LogP) is 4.25. The Bertz CT molecular complexity index is 143. The van der Waals surface area contributed by atoms with E-state index < -0.39 is 0 Å². The molecular weight excluding hydrogens is 155 g/mol. The largest absolute Gasteiger partial charge is 0.146 e. The fourth-order valence-electron chi connectivity index (χ4n) is 3.74. The molecular formula is C12H23B. The van der Waals surface area contributed by atoms with Crippen LogP contribution in [-0.2, 0) is 0 Å². The molecule has 0 aliphatic carbocycles. The lowest BCUT2D eigenvalue weighted by molar-refractivity contribution is 0.436. The van der Waals surface area contributed by atoms with Gasteiger partial charge in [-0.25, -0.2) is 0 Å². The Morgan fingerprint density at radius 3 is 1.85 bits per heavy atom. The lowest BCUT2D eigenvalue weighted by Crippen LogP contribution is -2.35. The highest BCUT2D eigenvalue weighted by Crippen LogP contribution is 2.48. The van der Waals surface area contributed by atoms with E-state index in [4.69, 9.17) is 0 Å².